The third-order valence-electron chi connectivity index (χ3n) is 5.75. The van der Waals surface area contributed by atoms with Crippen molar-refractivity contribution in [1.29, 1.82) is 0 Å². The lowest BCUT2D eigenvalue weighted by molar-refractivity contribution is -0.142. The fraction of sp³-hybridized carbons (Fsp3) is 0.407. The van der Waals surface area contributed by atoms with Crippen molar-refractivity contribution in [1.82, 2.24) is 19.9 Å². The van der Waals surface area contributed by atoms with Gasteiger partial charge in [0, 0.05) is 50.0 Å². The number of nitrogens with zero attached hydrogens (tertiary/aromatic N) is 4. The van der Waals surface area contributed by atoms with Crippen LogP contribution in [0.4, 0.5) is 5.13 Å². The van der Waals surface area contributed by atoms with Gasteiger partial charge in [-0.3, -0.25) is 19.7 Å². The van der Waals surface area contributed by atoms with Gasteiger partial charge < -0.3 is 23.8 Å². The number of methoxy groups -OCH3 is 1. The van der Waals surface area contributed by atoms with Crippen LogP contribution in [0, 0.1) is 0 Å². The van der Waals surface area contributed by atoms with E-state index in [4.69, 9.17) is 18.9 Å². The Hall–Kier alpha value is -4.10. The number of anilines is 1. The first-order valence-electron chi connectivity index (χ1n) is 12.9. The Morgan fingerprint density at radius 1 is 1.07 bits per heavy atom. The quantitative estimate of drug-likeness (QED) is 0.321. The molecular formula is C27H31N5O7S. The van der Waals surface area contributed by atoms with Gasteiger partial charge >= 0.3 is 5.97 Å². The van der Waals surface area contributed by atoms with Gasteiger partial charge in [0.1, 0.15) is 6.10 Å². The largest absolute Gasteiger partial charge is 0.472 e. The number of aromatic nitrogens is 3. The summed E-state index contributed by atoms with van der Waals surface area (Å²) in [5.74, 6) is -0.523. The second-order valence-electron chi connectivity index (χ2n) is 8.98. The van der Waals surface area contributed by atoms with Crippen LogP contribution in [0.15, 0.2) is 35.8 Å². The summed E-state index contributed by atoms with van der Waals surface area (Å²) in [6.45, 7) is 5.61. The smallest absolute Gasteiger partial charge is 0.311 e. The van der Waals surface area contributed by atoms with Crippen molar-refractivity contribution in [2.45, 2.75) is 39.2 Å². The number of hydrogen-bond acceptors (Lipinski definition) is 11. The molecule has 0 unspecified atom stereocenters. The Bertz CT molecular complexity index is 1330. The number of carbonyl (C=O) groups excluding carboxylic acids is 3. The average molecular weight is 570 g/mol. The summed E-state index contributed by atoms with van der Waals surface area (Å²) in [5, 5.41) is 4.72. The minimum atomic E-state index is -0.479. The van der Waals surface area contributed by atoms with E-state index in [0.29, 0.717) is 23.0 Å². The summed E-state index contributed by atoms with van der Waals surface area (Å²) < 4.78 is 21.7. The highest BCUT2D eigenvalue weighted by Gasteiger charge is 2.20. The first-order valence-corrected chi connectivity index (χ1v) is 13.7. The molecule has 1 saturated heterocycles. The number of thiazole rings is 1. The van der Waals surface area contributed by atoms with Crippen LogP contribution in [0.25, 0.3) is 0 Å². The fourth-order valence-electron chi connectivity index (χ4n) is 3.95. The Balaban J connectivity index is 1.50. The van der Waals surface area contributed by atoms with Crippen molar-refractivity contribution < 1.29 is 33.3 Å². The molecule has 0 bridgehead atoms. The molecule has 0 aromatic carbocycles. The lowest BCUT2D eigenvalue weighted by atomic mass is 10.2. The molecule has 3 aromatic rings. The third-order valence-corrected chi connectivity index (χ3v) is 6.56. The van der Waals surface area contributed by atoms with E-state index in [1.807, 2.05) is 0 Å². The van der Waals surface area contributed by atoms with Crippen molar-refractivity contribution in [3.05, 3.63) is 52.7 Å². The first-order chi connectivity index (χ1) is 19.3. The van der Waals surface area contributed by atoms with Crippen molar-refractivity contribution >= 4 is 34.3 Å². The number of ether oxygens (including phenoxy) is 4. The summed E-state index contributed by atoms with van der Waals surface area (Å²) in [5.41, 5.74) is 1.17. The molecule has 3 aromatic heterocycles. The van der Waals surface area contributed by atoms with E-state index in [1.54, 1.807) is 43.4 Å². The number of pyridine rings is 2. The third kappa shape index (κ3) is 7.96. The molecule has 13 heteroatoms. The number of amides is 2. The molecule has 0 saturated carbocycles. The molecule has 1 aliphatic rings. The lowest BCUT2D eigenvalue weighted by Gasteiger charge is -2.15. The standard InChI is InChI=1S/C27H31N5O7S/c1-4-37-24(33)13-20-16-40-27(29-20)31-25(34)19-11-22(38-17(2)15-36-3)30-23(12-19)39-21-8-7-18(14-28-21)26(35)32-9-5-6-10-32/h7-8,11-12,14,16-17H,4-6,9-10,13,15H2,1-3H3,(H,29,31,34)/t17-/m1/s1. The number of nitrogens with one attached hydrogen (secondary N) is 1. The normalized spacial score (nSPS) is 13.5. The van der Waals surface area contributed by atoms with E-state index in [2.05, 4.69) is 20.3 Å². The van der Waals surface area contributed by atoms with Gasteiger partial charge in [-0.2, -0.15) is 4.98 Å². The van der Waals surface area contributed by atoms with Gasteiger partial charge in [-0.15, -0.1) is 11.3 Å². The second kappa shape index (κ2) is 13.8. The van der Waals surface area contributed by atoms with Gasteiger partial charge in [0.05, 0.1) is 36.5 Å². The van der Waals surface area contributed by atoms with Crippen LogP contribution in [0.2, 0.25) is 0 Å². The van der Waals surface area contributed by atoms with E-state index in [9.17, 15) is 14.4 Å². The van der Waals surface area contributed by atoms with Gasteiger partial charge in [0.15, 0.2) is 5.13 Å². The van der Waals surface area contributed by atoms with E-state index in [0.717, 1.165) is 25.9 Å². The number of carbonyl (C=O) groups is 3. The Labute approximate surface area is 235 Å². The van der Waals surface area contributed by atoms with E-state index >= 15 is 0 Å². The maximum Gasteiger partial charge on any atom is 0.311 e. The molecule has 0 aliphatic carbocycles. The van der Waals surface area contributed by atoms with Crippen LogP contribution in [0.1, 0.15) is 53.1 Å². The topological polar surface area (TPSA) is 142 Å². The minimum absolute atomic E-state index is 0.0122. The molecule has 2 amide bonds. The predicted molar refractivity (Wildman–Crippen MR) is 146 cm³/mol. The van der Waals surface area contributed by atoms with Gasteiger partial charge in [0.2, 0.25) is 17.6 Å². The summed E-state index contributed by atoms with van der Waals surface area (Å²) in [4.78, 5) is 52.1. The molecule has 4 heterocycles. The maximum atomic E-state index is 13.1. The van der Waals surface area contributed by atoms with E-state index < -0.39 is 11.9 Å². The first kappa shape index (κ1) is 28.9. The molecule has 4 rings (SSSR count). The Kier molecular flexibility index (Phi) is 9.97. The number of hydrogen-bond donors (Lipinski definition) is 1. The monoisotopic (exact) mass is 569 g/mol. The molecule has 1 N–H and O–H groups in total. The van der Waals surface area contributed by atoms with Crippen LogP contribution < -0.4 is 14.8 Å². The van der Waals surface area contributed by atoms with Gasteiger partial charge in [-0.25, -0.2) is 9.97 Å². The van der Waals surface area contributed by atoms with Crippen LogP contribution in [-0.4, -0.2) is 77.2 Å². The predicted octanol–water partition coefficient (Wildman–Crippen LogP) is 3.73. The van der Waals surface area contributed by atoms with Crippen LogP contribution >= 0.6 is 11.3 Å². The van der Waals surface area contributed by atoms with Crippen molar-refractivity contribution in [2.24, 2.45) is 0 Å². The zero-order chi connectivity index (χ0) is 28.5. The van der Waals surface area contributed by atoms with E-state index in [-0.39, 0.29) is 48.2 Å². The molecule has 1 fully saturated rings. The van der Waals surface area contributed by atoms with Gasteiger partial charge in [-0.1, -0.05) is 0 Å². The fourth-order valence-corrected chi connectivity index (χ4v) is 4.66. The van der Waals surface area contributed by atoms with E-state index in [1.165, 1.54) is 29.7 Å². The minimum Gasteiger partial charge on any atom is -0.472 e. The van der Waals surface area contributed by atoms with Gasteiger partial charge in [-0.05, 0) is 32.8 Å². The Morgan fingerprint density at radius 2 is 1.85 bits per heavy atom. The lowest BCUT2D eigenvalue weighted by Crippen LogP contribution is -2.27. The molecule has 1 aliphatic heterocycles. The average Bonchev–Trinajstić information content (AvgIpc) is 3.61. The summed E-state index contributed by atoms with van der Waals surface area (Å²) >= 11 is 1.19. The summed E-state index contributed by atoms with van der Waals surface area (Å²) in [6, 6.07) is 6.15. The van der Waals surface area contributed by atoms with Crippen molar-refractivity contribution in [2.75, 3.05) is 38.7 Å². The van der Waals surface area contributed by atoms with Crippen LogP contribution in [-0.2, 0) is 20.7 Å². The van der Waals surface area contributed by atoms with Crippen molar-refractivity contribution in [3.63, 3.8) is 0 Å². The molecule has 1 atom stereocenters. The van der Waals surface area contributed by atoms with Crippen LogP contribution in [0.3, 0.4) is 0 Å². The number of rotatable bonds is 12. The zero-order valence-corrected chi connectivity index (χ0v) is 23.4. The maximum absolute atomic E-state index is 13.1. The molecular weight excluding hydrogens is 538 g/mol. The highest BCUT2D eigenvalue weighted by atomic mass is 32.1. The zero-order valence-electron chi connectivity index (χ0n) is 22.5. The SMILES string of the molecule is CCOC(=O)Cc1csc(NC(=O)c2cc(Oc3ccc(C(=O)N4CCCC4)cn3)nc(O[C@H](C)COC)c2)n1. The summed E-state index contributed by atoms with van der Waals surface area (Å²) in [6.07, 6.45) is 3.13. The highest BCUT2D eigenvalue weighted by Crippen LogP contribution is 2.25. The summed E-state index contributed by atoms with van der Waals surface area (Å²) in [7, 11) is 1.56. The van der Waals surface area contributed by atoms with Crippen molar-refractivity contribution in [3.8, 4) is 17.6 Å². The highest BCUT2D eigenvalue weighted by molar-refractivity contribution is 7.14. The number of esters is 1. The Morgan fingerprint density at radius 3 is 2.55 bits per heavy atom. The molecule has 40 heavy (non-hydrogen) atoms. The van der Waals surface area contributed by atoms with Crippen LogP contribution in [0.5, 0.6) is 17.6 Å². The van der Waals surface area contributed by atoms with Gasteiger partial charge in [0.25, 0.3) is 11.8 Å². The molecule has 212 valence electrons. The molecule has 12 nitrogen and oxygen atoms in total. The molecule has 0 spiro atoms. The second-order valence-corrected chi connectivity index (χ2v) is 9.84. The molecule has 0 radical (unpaired) electrons. The number of likely N-dealkylation sites (tertiary alicyclic amines) is 1.